The molecule has 4 aromatic rings. The number of hydrogen-bond acceptors (Lipinski definition) is 8. The van der Waals surface area contributed by atoms with Gasteiger partial charge in [-0.25, -0.2) is 5.43 Å². The number of rotatable bonds is 7. The van der Waals surface area contributed by atoms with Gasteiger partial charge in [0.05, 0.1) is 11.2 Å². The second kappa shape index (κ2) is 10.4. The average Bonchev–Trinajstić information content (AvgIpc) is 3.34. The van der Waals surface area contributed by atoms with Gasteiger partial charge in [0.25, 0.3) is 0 Å². The van der Waals surface area contributed by atoms with Crippen molar-refractivity contribution in [3.05, 3.63) is 77.5 Å². The lowest BCUT2D eigenvalue weighted by Gasteiger charge is -2.26. The first kappa shape index (κ1) is 21.9. The number of nitrogens with one attached hydrogen (secondary N) is 2. The fourth-order valence-corrected chi connectivity index (χ4v) is 3.97. The largest absolute Gasteiger partial charge is 0.455 e. The summed E-state index contributed by atoms with van der Waals surface area (Å²) in [7, 11) is 0. The summed E-state index contributed by atoms with van der Waals surface area (Å²) in [6.45, 7) is 1.85. The van der Waals surface area contributed by atoms with Crippen molar-refractivity contribution in [2.75, 3.05) is 28.7 Å². The van der Waals surface area contributed by atoms with Crippen LogP contribution < -0.4 is 15.6 Å². The summed E-state index contributed by atoms with van der Waals surface area (Å²) < 4.78 is 5.86. The van der Waals surface area contributed by atoms with E-state index in [0.29, 0.717) is 34.4 Å². The minimum atomic E-state index is 0.350. The van der Waals surface area contributed by atoms with Crippen LogP contribution in [0.5, 0.6) is 0 Å². The number of aromatic nitrogens is 3. The van der Waals surface area contributed by atoms with E-state index in [1.807, 2.05) is 66.7 Å². The molecule has 0 amide bonds. The first-order chi connectivity index (χ1) is 16.7. The molecule has 0 spiro atoms. The van der Waals surface area contributed by atoms with Gasteiger partial charge >= 0.3 is 0 Å². The molecule has 34 heavy (non-hydrogen) atoms. The van der Waals surface area contributed by atoms with Gasteiger partial charge in [0, 0.05) is 24.3 Å². The number of furan rings is 1. The molecular formula is C25H24ClN7O. The molecule has 5 rings (SSSR count). The van der Waals surface area contributed by atoms with Crippen molar-refractivity contribution in [2.45, 2.75) is 19.3 Å². The van der Waals surface area contributed by atoms with Gasteiger partial charge in [-0.2, -0.15) is 20.1 Å². The first-order valence-electron chi connectivity index (χ1n) is 11.2. The molecule has 0 radical (unpaired) electrons. The lowest BCUT2D eigenvalue weighted by molar-refractivity contribution is 0.568. The number of halogens is 1. The Labute approximate surface area is 202 Å². The molecule has 9 heteroatoms. The van der Waals surface area contributed by atoms with Crippen LogP contribution in [0.4, 0.5) is 23.5 Å². The number of hydrazone groups is 1. The quantitative estimate of drug-likeness (QED) is 0.252. The summed E-state index contributed by atoms with van der Waals surface area (Å²) in [5.74, 6) is 2.69. The molecule has 8 nitrogen and oxygen atoms in total. The third kappa shape index (κ3) is 5.35. The lowest BCUT2D eigenvalue weighted by atomic mass is 10.1. The van der Waals surface area contributed by atoms with E-state index in [9.17, 15) is 0 Å². The molecule has 2 aromatic heterocycles. The van der Waals surface area contributed by atoms with Crippen molar-refractivity contribution in [3.8, 4) is 11.3 Å². The summed E-state index contributed by atoms with van der Waals surface area (Å²) in [5.41, 5.74) is 4.64. The van der Waals surface area contributed by atoms with Crippen molar-refractivity contribution >= 4 is 41.3 Å². The zero-order chi connectivity index (χ0) is 23.2. The Morgan fingerprint density at radius 1 is 0.853 bits per heavy atom. The van der Waals surface area contributed by atoms with E-state index in [1.165, 1.54) is 6.42 Å². The van der Waals surface area contributed by atoms with Crippen molar-refractivity contribution in [1.82, 2.24) is 15.0 Å². The van der Waals surface area contributed by atoms with Crippen molar-refractivity contribution in [1.29, 1.82) is 0 Å². The van der Waals surface area contributed by atoms with E-state index < -0.39 is 0 Å². The highest BCUT2D eigenvalue weighted by molar-refractivity contribution is 6.33. The van der Waals surface area contributed by atoms with Crippen molar-refractivity contribution in [3.63, 3.8) is 0 Å². The zero-order valence-electron chi connectivity index (χ0n) is 18.5. The SMILES string of the molecule is Clc1ccccc1-c1ccc(/C=N/Nc2nc(Nc3ccccc3)nc(N3CCCCC3)n2)o1. The zero-order valence-corrected chi connectivity index (χ0v) is 19.2. The van der Waals surface area contributed by atoms with Crippen LogP contribution in [-0.2, 0) is 0 Å². The van der Waals surface area contributed by atoms with E-state index in [-0.39, 0.29) is 0 Å². The summed E-state index contributed by atoms with van der Waals surface area (Å²) >= 11 is 6.27. The van der Waals surface area contributed by atoms with E-state index in [2.05, 4.69) is 35.7 Å². The molecule has 1 saturated heterocycles. The molecule has 172 valence electrons. The second-order valence-corrected chi connectivity index (χ2v) is 8.28. The Balaban J connectivity index is 1.34. The van der Waals surface area contributed by atoms with Crippen LogP contribution in [0.2, 0.25) is 5.02 Å². The highest BCUT2D eigenvalue weighted by Gasteiger charge is 2.16. The Bertz CT molecular complexity index is 1270. The van der Waals surface area contributed by atoms with Crippen LogP contribution in [0, 0.1) is 0 Å². The number of para-hydroxylation sites is 1. The van der Waals surface area contributed by atoms with Crippen LogP contribution >= 0.6 is 11.6 Å². The summed E-state index contributed by atoms with van der Waals surface area (Å²) in [6, 6.07) is 21.0. The third-order valence-corrected chi connectivity index (χ3v) is 5.74. The highest BCUT2D eigenvalue weighted by Crippen LogP contribution is 2.28. The number of hydrogen-bond donors (Lipinski definition) is 2. The van der Waals surface area contributed by atoms with E-state index in [4.69, 9.17) is 16.0 Å². The molecular weight excluding hydrogens is 450 g/mol. The minimum absolute atomic E-state index is 0.350. The molecule has 0 saturated carbocycles. The van der Waals surface area contributed by atoms with Gasteiger partial charge in [-0.1, -0.05) is 41.9 Å². The van der Waals surface area contributed by atoms with Gasteiger partial charge in [-0.15, -0.1) is 0 Å². The van der Waals surface area contributed by atoms with Gasteiger partial charge in [0.2, 0.25) is 17.8 Å². The van der Waals surface area contributed by atoms with Gasteiger partial charge in [-0.3, -0.25) is 0 Å². The summed E-state index contributed by atoms with van der Waals surface area (Å²) in [5, 5.41) is 8.15. The molecule has 1 aliphatic rings. The molecule has 0 atom stereocenters. The van der Waals surface area contributed by atoms with Gasteiger partial charge in [-0.05, 0) is 55.7 Å². The molecule has 0 unspecified atom stereocenters. The van der Waals surface area contributed by atoms with Crippen molar-refractivity contribution < 1.29 is 4.42 Å². The number of nitrogens with zero attached hydrogens (tertiary/aromatic N) is 5. The number of anilines is 4. The van der Waals surface area contributed by atoms with E-state index in [1.54, 1.807) is 6.21 Å². The second-order valence-electron chi connectivity index (χ2n) is 7.87. The Morgan fingerprint density at radius 2 is 1.62 bits per heavy atom. The monoisotopic (exact) mass is 473 g/mol. The normalized spacial score (nSPS) is 13.9. The standard InChI is InChI=1S/C25H24ClN7O/c26-21-12-6-5-11-20(21)22-14-13-19(34-22)17-27-32-24-29-23(28-18-9-3-1-4-10-18)30-25(31-24)33-15-7-2-8-16-33/h1,3-6,9-14,17H,2,7-8,15-16H2,(H2,28,29,30,31,32)/b27-17+. The maximum absolute atomic E-state index is 6.27. The van der Waals surface area contributed by atoms with E-state index in [0.717, 1.165) is 37.2 Å². The molecule has 1 aliphatic heterocycles. The lowest BCUT2D eigenvalue weighted by Crippen LogP contribution is -2.31. The first-order valence-corrected chi connectivity index (χ1v) is 11.6. The fraction of sp³-hybridized carbons (Fsp3) is 0.200. The molecule has 3 heterocycles. The predicted molar refractivity (Wildman–Crippen MR) is 136 cm³/mol. The number of piperidine rings is 1. The fourth-order valence-electron chi connectivity index (χ4n) is 3.74. The summed E-state index contributed by atoms with van der Waals surface area (Å²) in [4.78, 5) is 15.9. The van der Waals surface area contributed by atoms with Crippen LogP contribution in [0.25, 0.3) is 11.3 Å². The van der Waals surface area contributed by atoms with Crippen LogP contribution in [0.1, 0.15) is 25.0 Å². The van der Waals surface area contributed by atoms with Crippen LogP contribution in [0.15, 0.2) is 76.2 Å². The number of benzene rings is 2. The molecule has 2 aromatic carbocycles. The Morgan fingerprint density at radius 3 is 2.44 bits per heavy atom. The Hall–Kier alpha value is -3.91. The van der Waals surface area contributed by atoms with Crippen LogP contribution in [-0.4, -0.2) is 34.3 Å². The maximum atomic E-state index is 6.27. The van der Waals surface area contributed by atoms with E-state index >= 15 is 0 Å². The summed E-state index contributed by atoms with van der Waals surface area (Å²) in [6.07, 6.45) is 5.06. The van der Waals surface area contributed by atoms with Gasteiger partial charge in [0.15, 0.2) is 0 Å². The highest BCUT2D eigenvalue weighted by atomic mass is 35.5. The molecule has 0 aliphatic carbocycles. The Kier molecular flexibility index (Phi) is 6.67. The molecule has 1 fully saturated rings. The van der Waals surface area contributed by atoms with Crippen molar-refractivity contribution in [2.24, 2.45) is 5.10 Å². The third-order valence-electron chi connectivity index (χ3n) is 5.41. The predicted octanol–water partition coefficient (Wildman–Crippen LogP) is 5.96. The maximum Gasteiger partial charge on any atom is 0.250 e. The molecule has 0 bridgehead atoms. The average molecular weight is 474 g/mol. The van der Waals surface area contributed by atoms with Crippen LogP contribution in [0.3, 0.4) is 0 Å². The smallest absolute Gasteiger partial charge is 0.250 e. The topological polar surface area (TPSA) is 91.5 Å². The van der Waals surface area contributed by atoms with Gasteiger partial charge in [0.1, 0.15) is 11.5 Å². The molecule has 2 N–H and O–H groups in total. The van der Waals surface area contributed by atoms with Gasteiger partial charge < -0.3 is 14.6 Å². The minimum Gasteiger partial charge on any atom is -0.455 e.